The van der Waals surface area contributed by atoms with E-state index in [2.05, 4.69) is 30.8 Å². The first-order valence-corrected chi connectivity index (χ1v) is 9.13. The molecule has 1 aliphatic rings. The molecule has 26 heavy (non-hydrogen) atoms. The molecule has 2 aromatic rings. The van der Waals surface area contributed by atoms with E-state index in [1.54, 1.807) is 20.4 Å². The molecule has 0 spiro atoms. The number of aromatic nitrogens is 3. The zero-order valence-electron chi connectivity index (χ0n) is 15.5. The van der Waals surface area contributed by atoms with Crippen molar-refractivity contribution in [1.29, 1.82) is 0 Å². The van der Waals surface area contributed by atoms with Crippen LogP contribution in [0.4, 0.5) is 0 Å². The number of H-pyrrole nitrogens is 1. The highest BCUT2D eigenvalue weighted by Crippen LogP contribution is 2.40. The van der Waals surface area contributed by atoms with Gasteiger partial charge in [0, 0.05) is 27.3 Å². The molecule has 2 heterocycles. The molecule has 8 nitrogen and oxygen atoms in total. The Kier molecular flexibility index (Phi) is 6.27. The van der Waals surface area contributed by atoms with Crippen molar-refractivity contribution in [2.45, 2.75) is 38.6 Å². The molecule has 0 bridgehead atoms. The van der Waals surface area contributed by atoms with Gasteiger partial charge in [-0.2, -0.15) is 0 Å². The van der Waals surface area contributed by atoms with E-state index in [-0.39, 0.29) is 0 Å². The number of aliphatic imine (C=N–C) groups is 1. The van der Waals surface area contributed by atoms with Crippen LogP contribution in [0.2, 0.25) is 0 Å². The molecule has 2 aromatic heterocycles. The standard InChI is InChI=1S/C18H28N6O2/c1-19-17(21-13-18(9-11-25-2)7-3-4-8-18)20-12-15-22-16(24-23-15)14-6-5-10-26-14/h5-6,10H,3-4,7-9,11-13H2,1-2H3,(H2,19,20,21)(H,22,23,24). The van der Waals surface area contributed by atoms with Crippen molar-refractivity contribution in [3.8, 4) is 11.6 Å². The second-order valence-electron chi connectivity index (χ2n) is 6.81. The van der Waals surface area contributed by atoms with Gasteiger partial charge in [0.2, 0.25) is 5.82 Å². The van der Waals surface area contributed by atoms with Crippen molar-refractivity contribution in [3.63, 3.8) is 0 Å². The van der Waals surface area contributed by atoms with Crippen LogP contribution in [0, 0.1) is 5.41 Å². The molecule has 3 rings (SSSR count). The summed E-state index contributed by atoms with van der Waals surface area (Å²) in [5.41, 5.74) is 0.312. The number of rotatable bonds is 8. The Morgan fingerprint density at radius 2 is 2.23 bits per heavy atom. The smallest absolute Gasteiger partial charge is 0.216 e. The number of hydrogen-bond donors (Lipinski definition) is 3. The van der Waals surface area contributed by atoms with Crippen LogP contribution >= 0.6 is 0 Å². The Balaban J connectivity index is 1.50. The lowest BCUT2D eigenvalue weighted by atomic mass is 9.83. The van der Waals surface area contributed by atoms with Crippen LogP contribution in [0.15, 0.2) is 27.8 Å². The molecule has 1 fully saturated rings. The molecule has 142 valence electrons. The van der Waals surface area contributed by atoms with E-state index in [0.29, 0.717) is 23.5 Å². The summed E-state index contributed by atoms with van der Waals surface area (Å²) in [6.07, 6.45) is 7.78. The van der Waals surface area contributed by atoms with Crippen LogP contribution in [0.5, 0.6) is 0 Å². The predicted octanol–water partition coefficient (Wildman–Crippen LogP) is 2.33. The third-order valence-electron chi connectivity index (χ3n) is 5.05. The van der Waals surface area contributed by atoms with E-state index in [9.17, 15) is 0 Å². The fraction of sp³-hybridized carbons (Fsp3) is 0.611. The number of nitrogens with zero attached hydrogens (tertiary/aromatic N) is 3. The first-order valence-electron chi connectivity index (χ1n) is 9.13. The number of guanidine groups is 1. The van der Waals surface area contributed by atoms with E-state index < -0.39 is 0 Å². The number of hydrogen-bond acceptors (Lipinski definition) is 5. The van der Waals surface area contributed by atoms with Gasteiger partial charge in [0.15, 0.2) is 11.7 Å². The minimum absolute atomic E-state index is 0.312. The van der Waals surface area contributed by atoms with E-state index in [1.165, 1.54) is 25.7 Å². The van der Waals surface area contributed by atoms with Crippen LogP contribution in [0.3, 0.4) is 0 Å². The predicted molar refractivity (Wildman–Crippen MR) is 99.7 cm³/mol. The maximum atomic E-state index is 5.31. The molecule has 0 aromatic carbocycles. The van der Waals surface area contributed by atoms with Crippen LogP contribution in [0.1, 0.15) is 37.9 Å². The molecule has 0 saturated heterocycles. The number of furan rings is 1. The summed E-state index contributed by atoms with van der Waals surface area (Å²) in [4.78, 5) is 8.74. The largest absolute Gasteiger partial charge is 0.461 e. The molecule has 0 aliphatic heterocycles. The van der Waals surface area contributed by atoms with Crippen molar-refractivity contribution < 1.29 is 9.15 Å². The quantitative estimate of drug-likeness (QED) is 0.493. The maximum Gasteiger partial charge on any atom is 0.216 e. The molecular weight excluding hydrogens is 332 g/mol. The Morgan fingerprint density at radius 3 is 2.92 bits per heavy atom. The maximum absolute atomic E-state index is 5.31. The van der Waals surface area contributed by atoms with E-state index in [0.717, 1.165) is 31.4 Å². The lowest BCUT2D eigenvalue weighted by molar-refractivity contribution is 0.138. The van der Waals surface area contributed by atoms with E-state index in [4.69, 9.17) is 9.15 Å². The van der Waals surface area contributed by atoms with Crippen molar-refractivity contribution in [2.75, 3.05) is 27.3 Å². The number of methoxy groups -OCH3 is 1. The monoisotopic (exact) mass is 360 g/mol. The van der Waals surface area contributed by atoms with Crippen LogP contribution in [-0.4, -0.2) is 48.5 Å². The molecule has 0 amide bonds. The van der Waals surface area contributed by atoms with Crippen LogP contribution in [0.25, 0.3) is 11.6 Å². The normalized spacial score (nSPS) is 16.8. The minimum Gasteiger partial charge on any atom is -0.461 e. The lowest BCUT2D eigenvalue weighted by Gasteiger charge is -2.29. The topological polar surface area (TPSA) is 100 Å². The minimum atomic E-state index is 0.312. The average Bonchev–Trinajstić information content (AvgIpc) is 3.41. The van der Waals surface area contributed by atoms with Gasteiger partial charge < -0.3 is 19.8 Å². The molecule has 0 atom stereocenters. The molecule has 1 saturated carbocycles. The van der Waals surface area contributed by atoms with Gasteiger partial charge in [0.25, 0.3) is 0 Å². The highest BCUT2D eigenvalue weighted by atomic mass is 16.5. The molecule has 8 heteroatoms. The van der Waals surface area contributed by atoms with Crippen molar-refractivity contribution in [3.05, 3.63) is 24.2 Å². The van der Waals surface area contributed by atoms with Gasteiger partial charge >= 0.3 is 0 Å². The molecular formula is C18H28N6O2. The fourth-order valence-corrected chi connectivity index (χ4v) is 3.51. The third-order valence-corrected chi connectivity index (χ3v) is 5.05. The number of aromatic amines is 1. The first-order chi connectivity index (χ1) is 12.7. The summed E-state index contributed by atoms with van der Waals surface area (Å²) in [6, 6.07) is 3.65. The van der Waals surface area contributed by atoms with Crippen molar-refractivity contribution in [2.24, 2.45) is 10.4 Å². The van der Waals surface area contributed by atoms with Crippen LogP contribution in [-0.2, 0) is 11.3 Å². The van der Waals surface area contributed by atoms with Gasteiger partial charge in [-0.1, -0.05) is 12.8 Å². The third kappa shape index (κ3) is 4.63. The Hall–Kier alpha value is -2.35. The Labute approximate surface area is 153 Å². The zero-order valence-corrected chi connectivity index (χ0v) is 15.5. The van der Waals surface area contributed by atoms with Crippen molar-refractivity contribution >= 4 is 5.96 Å². The second kappa shape index (κ2) is 8.84. The zero-order chi connectivity index (χ0) is 18.2. The van der Waals surface area contributed by atoms with Gasteiger partial charge in [0.1, 0.15) is 5.82 Å². The lowest BCUT2D eigenvalue weighted by Crippen LogP contribution is -2.43. The summed E-state index contributed by atoms with van der Waals surface area (Å²) in [5.74, 6) is 2.70. The number of nitrogens with one attached hydrogen (secondary N) is 3. The van der Waals surface area contributed by atoms with Gasteiger partial charge in [0.05, 0.1) is 12.8 Å². The van der Waals surface area contributed by atoms with Crippen molar-refractivity contribution in [1.82, 2.24) is 25.8 Å². The SMILES string of the molecule is CN=C(NCc1nc(-c2ccco2)n[nH]1)NCC1(CCOC)CCCC1. The summed E-state index contributed by atoms with van der Waals surface area (Å²) in [5, 5.41) is 13.8. The highest BCUT2D eigenvalue weighted by Gasteiger charge is 2.33. The molecule has 3 N–H and O–H groups in total. The summed E-state index contributed by atoms with van der Waals surface area (Å²) < 4.78 is 10.6. The molecule has 0 radical (unpaired) electrons. The molecule has 1 aliphatic carbocycles. The number of ether oxygens (including phenoxy) is 1. The summed E-state index contributed by atoms with van der Waals surface area (Å²) >= 11 is 0. The van der Waals surface area contributed by atoms with Gasteiger partial charge in [-0.25, -0.2) is 4.98 Å². The first kappa shape index (κ1) is 18.4. The Morgan fingerprint density at radius 1 is 1.38 bits per heavy atom. The van der Waals surface area contributed by atoms with Gasteiger partial charge in [-0.3, -0.25) is 10.1 Å². The second-order valence-corrected chi connectivity index (χ2v) is 6.81. The van der Waals surface area contributed by atoms with E-state index >= 15 is 0 Å². The summed E-state index contributed by atoms with van der Waals surface area (Å²) in [7, 11) is 3.55. The van der Waals surface area contributed by atoms with E-state index in [1.807, 2.05) is 12.1 Å². The van der Waals surface area contributed by atoms with Gasteiger partial charge in [-0.15, -0.1) is 5.10 Å². The Bertz CT molecular complexity index is 688. The average molecular weight is 360 g/mol. The summed E-state index contributed by atoms with van der Waals surface area (Å²) in [6.45, 7) is 2.23. The van der Waals surface area contributed by atoms with Gasteiger partial charge in [-0.05, 0) is 36.8 Å². The van der Waals surface area contributed by atoms with Crippen LogP contribution < -0.4 is 10.6 Å². The fourth-order valence-electron chi connectivity index (χ4n) is 3.51. The molecule has 0 unspecified atom stereocenters. The highest BCUT2D eigenvalue weighted by molar-refractivity contribution is 5.79.